The summed E-state index contributed by atoms with van der Waals surface area (Å²) in [5.74, 6) is -0.0206. The highest BCUT2D eigenvalue weighted by Gasteiger charge is 2.13. The predicted molar refractivity (Wildman–Crippen MR) is 60.0 cm³/mol. The quantitative estimate of drug-likeness (QED) is 0.769. The first kappa shape index (κ1) is 10.4. The zero-order valence-electron chi connectivity index (χ0n) is 8.97. The van der Waals surface area contributed by atoms with Gasteiger partial charge in [0.15, 0.2) is 0 Å². The number of carbonyl (C=O) groups excluding carboxylic acids is 1. The van der Waals surface area contributed by atoms with Crippen LogP contribution in [0.4, 0.5) is 0 Å². The van der Waals surface area contributed by atoms with E-state index >= 15 is 0 Å². The number of carbonyl (C=O) groups is 1. The second kappa shape index (κ2) is 4.15. The Morgan fingerprint density at radius 1 is 1.62 bits per heavy atom. The van der Waals surface area contributed by atoms with Crippen LogP contribution in [-0.2, 0) is 0 Å². The fourth-order valence-corrected chi connectivity index (χ4v) is 1.67. The highest BCUT2D eigenvalue weighted by molar-refractivity contribution is 5.93. The van der Waals surface area contributed by atoms with Crippen LogP contribution in [0.1, 0.15) is 30.1 Å². The Bertz CT molecular complexity index is 577. The molecule has 16 heavy (non-hydrogen) atoms. The summed E-state index contributed by atoms with van der Waals surface area (Å²) < 4.78 is 1.47. The van der Waals surface area contributed by atoms with Crippen molar-refractivity contribution < 1.29 is 4.79 Å². The molecule has 0 unspecified atom stereocenters. The third kappa shape index (κ3) is 1.57. The summed E-state index contributed by atoms with van der Waals surface area (Å²) in [6.45, 7) is 1.95. The van der Waals surface area contributed by atoms with Gasteiger partial charge in [0.1, 0.15) is 11.7 Å². The fourth-order valence-electron chi connectivity index (χ4n) is 1.67. The maximum Gasteiger partial charge on any atom is 0.232 e. The van der Waals surface area contributed by atoms with Crippen LogP contribution in [0.15, 0.2) is 24.5 Å². The molecule has 0 fully saturated rings. The molecule has 2 rings (SSSR count). The van der Waals surface area contributed by atoms with Gasteiger partial charge >= 0.3 is 0 Å². The van der Waals surface area contributed by atoms with E-state index in [0.29, 0.717) is 17.6 Å². The molecule has 2 aromatic rings. The van der Waals surface area contributed by atoms with Gasteiger partial charge in [0.05, 0.1) is 5.56 Å². The average molecular weight is 213 g/mol. The van der Waals surface area contributed by atoms with Crippen LogP contribution in [0.5, 0.6) is 0 Å². The Labute approximate surface area is 93.1 Å². The van der Waals surface area contributed by atoms with E-state index in [0.717, 1.165) is 11.8 Å². The van der Waals surface area contributed by atoms with E-state index in [9.17, 15) is 4.79 Å². The summed E-state index contributed by atoms with van der Waals surface area (Å²) in [4.78, 5) is 15.9. The molecule has 0 N–H and O–H groups in total. The molecule has 0 aliphatic rings. The lowest BCUT2D eigenvalue weighted by Gasteiger charge is -2.00. The lowest BCUT2D eigenvalue weighted by Crippen LogP contribution is -2.08. The monoisotopic (exact) mass is 213 g/mol. The molecule has 0 saturated carbocycles. The number of rotatable bonds is 2. The zero-order valence-corrected chi connectivity index (χ0v) is 8.97. The molecule has 0 radical (unpaired) electrons. The molecule has 0 aliphatic carbocycles. The van der Waals surface area contributed by atoms with Crippen molar-refractivity contribution in [3.05, 3.63) is 30.1 Å². The van der Waals surface area contributed by atoms with Crippen LogP contribution in [0.3, 0.4) is 0 Å². The minimum atomic E-state index is -0.0206. The molecule has 0 atom stereocenters. The molecule has 80 valence electrons. The highest BCUT2D eigenvalue weighted by atomic mass is 16.2. The Morgan fingerprint density at radius 2 is 2.44 bits per heavy atom. The van der Waals surface area contributed by atoms with E-state index in [1.54, 1.807) is 24.5 Å². The van der Waals surface area contributed by atoms with Gasteiger partial charge in [0, 0.05) is 24.2 Å². The van der Waals surface area contributed by atoms with E-state index in [2.05, 4.69) is 11.1 Å². The summed E-state index contributed by atoms with van der Waals surface area (Å²) in [5, 5.41) is 9.69. The summed E-state index contributed by atoms with van der Waals surface area (Å²) in [6, 6.07) is 5.64. The minimum Gasteiger partial charge on any atom is -0.274 e. The molecule has 2 heterocycles. The molecule has 4 heteroatoms. The van der Waals surface area contributed by atoms with Gasteiger partial charge in [-0.1, -0.05) is 6.92 Å². The lowest BCUT2D eigenvalue weighted by molar-refractivity contribution is 0.0906. The number of pyridine rings is 1. The number of nitriles is 1. The van der Waals surface area contributed by atoms with E-state index in [4.69, 9.17) is 5.26 Å². The lowest BCUT2D eigenvalue weighted by atomic mass is 10.2. The van der Waals surface area contributed by atoms with E-state index < -0.39 is 0 Å². The van der Waals surface area contributed by atoms with Crippen molar-refractivity contribution in [2.75, 3.05) is 0 Å². The average Bonchev–Trinajstić information content (AvgIpc) is 2.68. The first-order chi connectivity index (χ1) is 7.77. The summed E-state index contributed by atoms with van der Waals surface area (Å²) in [5.41, 5.74) is 1.06. The first-order valence-electron chi connectivity index (χ1n) is 5.17. The third-order valence-electron chi connectivity index (χ3n) is 2.42. The van der Waals surface area contributed by atoms with Crippen molar-refractivity contribution >= 4 is 16.9 Å². The van der Waals surface area contributed by atoms with Gasteiger partial charge in [-0.2, -0.15) is 5.26 Å². The van der Waals surface area contributed by atoms with Gasteiger partial charge in [0.25, 0.3) is 0 Å². The Kier molecular flexibility index (Phi) is 2.69. The van der Waals surface area contributed by atoms with Crippen LogP contribution in [0.2, 0.25) is 0 Å². The SMILES string of the molecule is CCCC(=O)n1cc(C#N)c2cccnc21. The van der Waals surface area contributed by atoms with Crippen molar-refractivity contribution in [2.45, 2.75) is 19.8 Å². The standard InChI is InChI=1S/C12H11N3O/c1-2-4-11(16)15-8-9(7-13)10-5-3-6-14-12(10)15/h3,5-6,8H,2,4H2,1H3. The second-order valence-electron chi connectivity index (χ2n) is 3.54. The van der Waals surface area contributed by atoms with Crippen LogP contribution in [-0.4, -0.2) is 15.5 Å². The molecule has 2 aromatic heterocycles. The molecular weight excluding hydrogens is 202 g/mol. The summed E-state index contributed by atoms with van der Waals surface area (Å²) in [6.07, 6.45) is 4.44. The fraction of sp³-hybridized carbons (Fsp3) is 0.250. The van der Waals surface area contributed by atoms with Crippen LogP contribution < -0.4 is 0 Å². The number of fused-ring (bicyclic) bond motifs is 1. The molecule has 0 aromatic carbocycles. The molecule has 0 bridgehead atoms. The van der Waals surface area contributed by atoms with Crippen molar-refractivity contribution in [1.82, 2.24) is 9.55 Å². The van der Waals surface area contributed by atoms with Crippen molar-refractivity contribution in [2.24, 2.45) is 0 Å². The highest BCUT2D eigenvalue weighted by Crippen LogP contribution is 2.18. The van der Waals surface area contributed by atoms with Crippen LogP contribution in [0.25, 0.3) is 11.0 Å². The Hall–Kier alpha value is -2.15. The minimum absolute atomic E-state index is 0.0206. The normalized spacial score (nSPS) is 10.2. The van der Waals surface area contributed by atoms with E-state index in [1.807, 2.05) is 6.92 Å². The van der Waals surface area contributed by atoms with Crippen molar-refractivity contribution in [3.8, 4) is 6.07 Å². The van der Waals surface area contributed by atoms with Crippen LogP contribution >= 0.6 is 0 Å². The third-order valence-corrected chi connectivity index (χ3v) is 2.42. The Balaban J connectivity index is 2.63. The summed E-state index contributed by atoms with van der Waals surface area (Å²) >= 11 is 0. The van der Waals surface area contributed by atoms with Crippen LogP contribution in [0, 0.1) is 11.3 Å². The molecule has 0 aliphatic heterocycles. The predicted octanol–water partition coefficient (Wildman–Crippen LogP) is 2.35. The maximum atomic E-state index is 11.8. The second-order valence-corrected chi connectivity index (χ2v) is 3.54. The smallest absolute Gasteiger partial charge is 0.232 e. The first-order valence-corrected chi connectivity index (χ1v) is 5.17. The number of hydrogen-bond donors (Lipinski definition) is 0. The molecule has 0 spiro atoms. The van der Waals surface area contributed by atoms with E-state index in [-0.39, 0.29) is 5.91 Å². The number of aromatic nitrogens is 2. The van der Waals surface area contributed by atoms with E-state index in [1.165, 1.54) is 4.57 Å². The van der Waals surface area contributed by atoms with Gasteiger partial charge in [0.2, 0.25) is 5.91 Å². The number of hydrogen-bond acceptors (Lipinski definition) is 3. The molecule has 4 nitrogen and oxygen atoms in total. The van der Waals surface area contributed by atoms with Gasteiger partial charge in [-0.3, -0.25) is 9.36 Å². The molecule has 0 saturated heterocycles. The number of nitrogens with zero attached hydrogens (tertiary/aromatic N) is 3. The van der Waals surface area contributed by atoms with Gasteiger partial charge in [-0.25, -0.2) is 4.98 Å². The maximum absolute atomic E-state index is 11.8. The van der Waals surface area contributed by atoms with Crippen molar-refractivity contribution in [3.63, 3.8) is 0 Å². The summed E-state index contributed by atoms with van der Waals surface area (Å²) in [7, 11) is 0. The topological polar surface area (TPSA) is 58.7 Å². The van der Waals surface area contributed by atoms with Gasteiger partial charge in [-0.15, -0.1) is 0 Å². The molecule has 0 amide bonds. The largest absolute Gasteiger partial charge is 0.274 e. The Morgan fingerprint density at radius 3 is 3.12 bits per heavy atom. The van der Waals surface area contributed by atoms with Crippen molar-refractivity contribution in [1.29, 1.82) is 5.26 Å². The van der Waals surface area contributed by atoms with Gasteiger partial charge in [-0.05, 0) is 18.6 Å². The zero-order chi connectivity index (χ0) is 11.5. The molecular formula is C12H11N3O. The van der Waals surface area contributed by atoms with Gasteiger partial charge < -0.3 is 0 Å².